The van der Waals surface area contributed by atoms with Gasteiger partial charge in [0.15, 0.2) is 0 Å². The highest BCUT2D eigenvalue weighted by Crippen LogP contribution is 2.24. The van der Waals surface area contributed by atoms with Crippen LogP contribution in [-0.2, 0) is 9.59 Å². The molecule has 1 unspecified atom stereocenters. The molecule has 0 aliphatic heterocycles. The lowest BCUT2D eigenvalue weighted by molar-refractivity contribution is -0.127. The monoisotopic (exact) mass is 361 g/mol. The molecule has 0 bridgehead atoms. The number of pyridine rings is 1. The van der Waals surface area contributed by atoms with Gasteiger partial charge in [-0.15, -0.1) is 11.3 Å². The predicted octanol–water partition coefficient (Wildman–Crippen LogP) is 1.48. The van der Waals surface area contributed by atoms with Crippen molar-refractivity contribution in [2.24, 2.45) is 11.7 Å². The Balaban J connectivity index is 1.87. The van der Waals surface area contributed by atoms with E-state index in [-0.39, 0.29) is 30.3 Å². The zero-order chi connectivity index (χ0) is 18.4. The van der Waals surface area contributed by atoms with Crippen LogP contribution in [0, 0.1) is 5.92 Å². The summed E-state index contributed by atoms with van der Waals surface area (Å²) in [4.78, 5) is 32.3. The number of nitrogens with two attached hydrogens (primary N) is 1. The molecule has 0 fully saturated rings. The number of hydrogen-bond donors (Lipinski definition) is 3. The minimum atomic E-state index is -0.618. The molecule has 2 heterocycles. The number of amides is 2. The molecule has 2 amide bonds. The van der Waals surface area contributed by atoms with Crippen LogP contribution in [0.25, 0.3) is 11.3 Å². The fourth-order valence-corrected chi connectivity index (χ4v) is 2.92. The van der Waals surface area contributed by atoms with E-state index in [1.807, 2.05) is 38.3 Å². The Morgan fingerprint density at radius 3 is 2.56 bits per heavy atom. The molecule has 8 heteroatoms. The van der Waals surface area contributed by atoms with Crippen LogP contribution in [0.3, 0.4) is 0 Å². The lowest BCUT2D eigenvalue weighted by Gasteiger charge is -2.16. The zero-order valence-corrected chi connectivity index (χ0v) is 15.3. The van der Waals surface area contributed by atoms with Crippen molar-refractivity contribution in [1.29, 1.82) is 0 Å². The summed E-state index contributed by atoms with van der Waals surface area (Å²) in [6, 6.07) is 2.90. The van der Waals surface area contributed by atoms with Crippen LogP contribution in [0.2, 0.25) is 0 Å². The second kappa shape index (κ2) is 8.68. The molecule has 0 saturated carbocycles. The molecule has 0 aromatic carbocycles. The molecule has 0 saturated heterocycles. The SMILES string of the molecule is CC(NC(=O)CNC(=O)[C@@H](N)C(C)C)c1nc(-c2ccncc2)cs1. The van der Waals surface area contributed by atoms with E-state index >= 15 is 0 Å². The molecule has 2 atom stereocenters. The van der Waals surface area contributed by atoms with Gasteiger partial charge in [-0.05, 0) is 25.0 Å². The highest BCUT2D eigenvalue weighted by atomic mass is 32.1. The van der Waals surface area contributed by atoms with Crippen LogP contribution in [-0.4, -0.2) is 34.4 Å². The van der Waals surface area contributed by atoms with Gasteiger partial charge < -0.3 is 16.4 Å². The molecule has 2 rings (SSSR count). The molecule has 4 N–H and O–H groups in total. The second-order valence-electron chi connectivity index (χ2n) is 6.08. The summed E-state index contributed by atoms with van der Waals surface area (Å²) in [5.41, 5.74) is 7.56. The van der Waals surface area contributed by atoms with Crippen LogP contribution >= 0.6 is 11.3 Å². The Bertz CT molecular complexity index is 717. The molecule has 25 heavy (non-hydrogen) atoms. The third-order valence-electron chi connectivity index (χ3n) is 3.69. The van der Waals surface area contributed by atoms with E-state index in [2.05, 4.69) is 20.6 Å². The standard InChI is InChI=1S/C17H23N5O2S/c1-10(2)15(18)16(24)20-8-14(23)21-11(3)17-22-13(9-25-17)12-4-6-19-7-5-12/h4-7,9-11,15H,8,18H2,1-3H3,(H,20,24)(H,21,23)/t11?,15-/m0/s1. The molecule has 0 aliphatic carbocycles. The summed E-state index contributed by atoms with van der Waals surface area (Å²) in [7, 11) is 0. The average Bonchev–Trinajstić information content (AvgIpc) is 3.10. The van der Waals surface area contributed by atoms with E-state index < -0.39 is 6.04 Å². The number of rotatable bonds is 7. The van der Waals surface area contributed by atoms with Crippen molar-refractivity contribution in [3.63, 3.8) is 0 Å². The molecule has 2 aromatic heterocycles. The minimum Gasteiger partial charge on any atom is -0.346 e. The number of thiazole rings is 1. The van der Waals surface area contributed by atoms with Gasteiger partial charge >= 0.3 is 0 Å². The fourth-order valence-electron chi connectivity index (χ4n) is 2.08. The topological polar surface area (TPSA) is 110 Å². The van der Waals surface area contributed by atoms with Crippen LogP contribution < -0.4 is 16.4 Å². The van der Waals surface area contributed by atoms with Crippen molar-refractivity contribution in [3.8, 4) is 11.3 Å². The van der Waals surface area contributed by atoms with E-state index in [1.54, 1.807) is 12.4 Å². The summed E-state index contributed by atoms with van der Waals surface area (Å²) in [5, 5.41) is 8.11. The lowest BCUT2D eigenvalue weighted by atomic mass is 10.1. The molecule has 0 spiro atoms. The quantitative estimate of drug-likeness (QED) is 0.692. The smallest absolute Gasteiger partial charge is 0.239 e. The summed E-state index contributed by atoms with van der Waals surface area (Å²) >= 11 is 1.47. The highest BCUT2D eigenvalue weighted by molar-refractivity contribution is 7.10. The van der Waals surface area contributed by atoms with E-state index in [4.69, 9.17) is 5.73 Å². The van der Waals surface area contributed by atoms with Gasteiger partial charge in [-0.25, -0.2) is 4.98 Å². The van der Waals surface area contributed by atoms with Crippen LogP contribution in [0.15, 0.2) is 29.9 Å². The first-order chi connectivity index (χ1) is 11.9. The molecule has 2 aromatic rings. The van der Waals surface area contributed by atoms with Gasteiger partial charge in [0.05, 0.1) is 24.3 Å². The number of carbonyl (C=O) groups is 2. The summed E-state index contributed by atoms with van der Waals surface area (Å²) in [6.07, 6.45) is 3.42. The number of nitrogens with zero attached hydrogens (tertiary/aromatic N) is 2. The van der Waals surface area contributed by atoms with Crippen LogP contribution in [0.5, 0.6) is 0 Å². The highest BCUT2D eigenvalue weighted by Gasteiger charge is 2.19. The Morgan fingerprint density at radius 1 is 1.24 bits per heavy atom. The molecule has 134 valence electrons. The predicted molar refractivity (Wildman–Crippen MR) is 97.7 cm³/mol. The van der Waals surface area contributed by atoms with Crippen LogP contribution in [0.4, 0.5) is 0 Å². The number of nitrogens with one attached hydrogen (secondary N) is 2. The Labute approximate surface area is 151 Å². The molecular formula is C17H23N5O2S. The van der Waals surface area contributed by atoms with E-state index in [9.17, 15) is 9.59 Å². The second-order valence-corrected chi connectivity index (χ2v) is 6.97. The van der Waals surface area contributed by atoms with Gasteiger partial charge in [0.1, 0.15) is 5.01 Å². The molecule has 7 nitrogen and oxygen atoms in total. The first kappa shape index (κ1) is 19.0. The van der Waals surface area contributed by atoms with Gasteiger partial charge in [0.2, 0.25) is 11.8 Å². The van der Waals surface area contributed by atoms with Crippen molar-refractivity contribution >= 4 is 23.2 Å². The maximum atomic E-state index is 12.0. The molecule has 0 radical (unpaired) electrons. The van der Waals surface area contributed by atoms with Gasteiger partial charge in [-0.3, -0.25) is 14.6 Å². The number of carbonyl (C=O) groups excluding carboxylic acids is 2. The van der Waals surface area contributed by atoms with E-state index in [0.29, 0.717) is 0 Å². The number of hydrogen-bond acceptors (Lipinski definition) is 6. The Morgan fingerprint density at radius 2 is 1.92 bits per heavy atom. The zero-order valence-electron chi connectivity index (χ0n) is 14.5. The van der Waals surface area contributed by atoms with E-state index in [1.165, 1.54) is 11.3 Å². The summed E-state index contributed by atoms with van der Waals surface area (Å²) in [5.74, 6) is -0.589. The van der Waals surface area contributed by atoms with Crippen molar-refractivity contribution in [3.05, 3.63) is 34.9 Å². The third-order valence-corrected chi connectivity index (χ3v) is 4.72. The molecular weight excluding hydrogens is 338 g/mol. The summed E-state index contributed by atoms with van der Waals surface area (Å²) < 4.78 is 0. The van der Waals surface area contributed by atoms with Gasteiger partial charge in [-0.1, -0.05) is 13.8 Å². The maximum Gasteiger partial charge on any atom is 0.239 e. The van der Waals surface area contributed by atoms with Gasteiger partial charge in [0, 0.05) is 23.3 Å². The van der Waals surface area contributed by atoms with Crippen molar-refractivity contribution < 1.29 is 9.59 Å². The van der Waals surface area contributed by atoms with Crippen LogP contribution in [0.1, 0.15) is 31.8 Å². The Hall–Kier alpha value is -2.32. The summed E-state index contributed by atoms with van der Waals surface area (Å²) in [6.45, 7) is 5.46. The third kappa shape index (κ3) is 5.33. The normalized spacial score (nSPS) is 13.3. The van der Waals surface area contributed by atoms with Crippen molar-refractivity contribution in [1.82, 2.24) is 20.6 Å². The minimum absolute atomic E-state index is 0.0175. The Kier molecular flexibility index (Phi) is 6.60. The fraction of sp³-hybridized carbons (Fsp3) is 0.412. The maximum absolute atomic E-state index is 12.0. The van der Waals surface area contributed by atoms with Crippen molar-refractivity contribution in [2.75, 3.05) is 6.54 Å². The van der Waals surface area contributed by atoms with E-state index in [0.717, 1.165) is 16.3 Å². The largest absolute Gasteiger partial charge is 0.346 e. The molecule has 0 aliphatic rings. The average molecular weight is 361 g/mol. The number of aromatic nitrogens is 2. The van der Waals surface area contributed by atoms with Crippen molar-refractivity contribution in [2.45, 2.75) is 32.9 Å². The van der Waals surface area contributed by atoms with Gasteiger partial charge in [-0.2, -0.15) is 0 Å². The lowest BCUT2D eigenvalue weighted by Crippen LogP contribution is -2.47. The first-order valence-electron chi connectivity index (χ1n) is 8.07. The van der Waals surface area contributed by atoms with Gasteiger partial charge in [0.25, 0.3) is 0 Å². The first-order valence-corrected chi connectivity index (χ1v) is 8.95.